The molecule has 0 aliphatic carbocycles. The van der Waals surface area contributed by atoms with E-state index in [1.165, 1.54) is 18.9 Å². The predicted molar refractivity (Wildman–Crippen MR) is 133 cm³/mol. The van der Waals surface area contributed by atoms with Gasteiger partial charge in [-0.1, -0.05) is 12.1 Å². The van der Waals surface area contributed by atoms with Crippen LogP contribution in [0.2, 0.25) is 0 Å². The third-order valence-corrected chi connectivity index (χ3v) is 5.94. The summed E-state index contributed by atoms with van der Waals surface area (Å²) in [7, 11) is 3.11. The second-order valence-corrected chi connectivity index (χ2v) is 8.32. The number of nitrogens with zero attached hydrogens (tertiary/aromatic N) is 1. The minimum Gasteiger partial charge on any atom is -0.497 e. The van der Waals surface area contributed by atoms with Gasteiger partial charge >= 0.3 is 5.97 Å². The van der Waals surface area contributed by atoms with Gasteiger partial charge in [-0.05, 0) is 67.6 Å². The SMILES string of the molecule is COc1ccc(C(=O)[C@H](C)OC(=O)[C@H]2CC(=O)N(c3ccc(Oc4ccccc4OC)cc3)C2)cc1. The first-order chi connectivity index (χ1) is 17.4. The summed E-state index contributed by atoms with van der Waals surface area (Å²) < 4.78 is 21.7. The van der Waals surface area contributed by atoms with Crippen molar-refractivity contribution in [3.8, 4) is 23.0 Å². The molecule has 0 unspecified atom stereocenters. The lowest BCUT2D eigenvalue weighted by Gasteiger charge is -2.18. The molecule has 4 rings (SSSR count). The summed E-state index contributed by atoms with van der Waals surface area (Å²) >= 11 is 0. The first kappa shape index (κ1) is 24.8. The van der Waals surface area contributed by atoms with E-state index in [1.807, 2.05) is 12.1 Å². The number of methoxy groups -OCH3 is 2. The van der Waals surface area contributed by atoms with Gasteiger partial charge in [-0.3, -0.25) is 14.4 Å². The van der Waals surface area contributed by atoms with Crippen LogP contribution in [0.25, 0.3) is 0 Å². The second-order valence-electron chi connectivity index (χ2n) is 8.32. The maximum atomic E-state index is 12.7. The molecule has 1 saturated heterocycles. The fourth-order valence-electron chi connectivity index (χ4n) is 3.95. The highest BCUT2D eigenvalue weighted by atomic mass is 16.5. The van der Waals surface area contributed by atoms with Crippen LogP contribution in [0.5, 0.6) is 23.0 Å². The summed E-state index contributed by atoms with van der Waals surface area (Å²) in [5.74, 6) is 0.645. The number of rotatable bonds is 9. The van der Waals surface area contributed by atoms with E-state index in [9.17, 15) is 14.4 Å². The van der Waals surface area contributed by atoms with Gasteiger partial charge in [0.1, 0.15) is 11.5 Å². The predicted octanol–water partition coefficient (Wildman–Crippen LogP) is 4.66. The average Bonchev–Trinajstić information content (AvgIpc) is 3.30. The normalized spacial score (nSPS) is 15.8. The quantitative estimate of drug-likeness (QED) is 0.319. The third kappa shape index (κ3) is 5.49. The molecule has 1 aliphatic heterocycles. The molecule has 2 atom stereocenters. The van der Waals surface area contributed by atoms with Crippen LogP contribution in [0.15, 0.2) is 72.8 Å². The Hall–Kier alpha value is -4.33. The van der Waals surface area contributed by atoms with Crippen LogP contribution < -0.4 is 19.1 Å². The fraction of sp³-hybridized carbons (Fsp3) is 0.250. The smallest absolute Gasteiger partial charge is 0.312 e. The van der Waals surface area contributed by atoms with E-state index >= 15 is 0 Å². The largest absolute Gasteiger partial charge is 0.497 e. The highest BCUT2D eigenvalue weighted by molar-refractivity contribution is 6.02. The summed E-state index contributed by atoms with van der Waals surface area (Å²) in [4.78, 5) is 39.5. The molecule has 3 aromatic rings. The van der Waals surface area contributed by atoms with Gasteiger partial charge in [-0.2, -0.15) is 0 Å². The summed E-state index contributed by atoms with van der Waals surface area (Å²) in [6.07, 6.45) is -0.955. The number of hydrogen-bond donors (Lipinski definition) is 0. The minimum absolute atomic E-state index is 0.0156. The van der Waals surface area contributed by atoms with E-state index in [4.69, 9.17) is 18.9 Å². The number of carbonyl (C=O) groups excluding carboxylic acids is 3. The lowest BCUT2D eigenvalue weighted by Crippen LogP contribution is -2.30. The average molecular weight is 490 g/mol. The van der Waals surface area contributed by atoms with Gasteiger partial charge in [0, 0.05) is 24.2 Å². The second kappa shape index (κ2) is 10.9. The summed E-state index contributed by atoms with van der Waals surface area (Å²) in [6.45, 7) is 1.70. The molecule has 0 N–H and O–H groups in total. The Bertz CT molecular complexity index is 1240. The molecular weight excluding hydrogens is 462 g/mol. The summed E-state index contributed by atoms with van der Waals surface area (Å²) in [6, 6.07) is 20.9. The van der Waals surface area contributed by atoms with E-state index in [-0.39, 0.29) is 24.7 Å². The van der Waals surface area contributed by atoms with Gasteiger partial charge in [0.2, 0.25) is 11.7 Å². The van der Waals surface area contributed by atoms with Crippen molar-refractivity contribution in [2.24, 2.45) is 5.92 Å². The van der Waals surface area contributed by atoms with Gasteiger partial charge in [0.05, 0.1) is 20.1 Å². The number of esters is 1. The monoisotopic (exact) mass is 489 g/mol. The Kier molecular flexibility index (Phi) is 7.53. The molecule has 3 aromatic carbocycles. The zero-order valence-corrected chi connectivity index (χ0v) is 20.3. The topological polar surface area (TPSA) is 91.4 Å². The van der Waals surface area contributed by atoms with Crippen LogP contribution in [0.4, 0.5) is 5.69 Å². The van der Waals surface area contributed by atoms with E-state index in [2.05, 4.69) is 0 Å². The van der Waals surface area contributed by atoms with Gasteiger partial charge < -0.3 is 23.8 Å². The van der Waals surface area contributed by atoms with Crippen molar-refractivity contribution in [2.45, 2.75) is 19.4 Å². The maximum absolute atomic E-state index is 12.7. The molecule has 8 heteroatoms. The van der Waals surface area contributed by atoms with Crippen LogP contribution in [0.1, 0.15) is 23.7 Å². The fourth-order valence-corrected chi connectivity index (χ4v) is 3.95. The zero-order chi connectivity index (χ0) is 25.7. The molecular formula is C28H27NO7. The number of ketones is 1. The number of carbonyl (C=O) groups is 3. The van der Waals surface area contributed by atoms with Crippen molar-refractivity contribution in [2.75, 3.05) is 25.7 Å². The molecule has 0 saturated carbocycles. The highest BCUT2D eigenvalue weighted by Crippen LogP contribution is 2.33. The van der Waals surface area contributed by atoms with E-state index < -0.39 is 18.0 Å². The highest BCUT2D eigenvalue weighted by Gasteiger charge is 2.37. The van der Waals surface area contributed by atoms with Crippen molar-refractivity contribution >= 4 is 23.3 Å². The molecule has 186 valence electrons. The number of anilines is 1. The number of hydrogen-bond acceptors (Lipinski definition) is 7. The van der Waals surface area contributed by atoms with Gasteiger partial charge in [-0.15, -0.1) is 0 Å². The number of amides is 1. The number of benzene rings is 3. The maximum Gasteiger partial charge on any atom is 0.312 e. The number of Topliss-reactive ketones (excluding diaryl/α,β-unsaturated/α-hetero) is 1. The molecule has 1 heterocycles. The lowest BCUT2D eigenvalue weighted by atomic mass is 10.1. The Balaban J connectivity index is 1.36. The molecule has 0 bridgehead atoms. The number of para-hydroxylation sites is 2. The van der Waals surface area contributed by atoms with Crippen molar-refractivity contribution in [1.29, 1.82) is 0 Å². The van der Waals surface area contributed by atoms with Crippen LogP contribution in [-0.4, -0.2) is 44.5 Å². The van der Waals surface area contributed by atoms with Gasteiger partial charge in [0.25, 0.3) is 0 Å². The summed E-state index contributed by atoms with van der Waals surface area (Å²) in [5.41, 5.74) is 1.06. The van der Waals surface area contributed by atoms with E-state index in [1.54, 1.807) is 67.8 Å². The molecule has 8 nitrogen and oxygen atoms in total. The van der Waals surface area contributed by atoms with E-state index in [0.29, 0.717) is 34.2 Å². The first-order valence-electron chi connectivity index (χ1n) is 11.5. The van der Waals surface area contributed by atoms with Crippen LogP contribution in [0, 0.1) is 5.92 Å². The lowest BCUT2D eigenvalue weighted by molar-refractivity contribution is -0.151. The minimum atomic E-state index is -0.971. The van der Waals surface area contributed by atoms with Gasteiger partial charge in [-0.25, -0.2) is 0 Å². The molecule has 1 fully saturated rings. The van der Waals surface area contributed by atoms with Crippen molar-refractivity contribution in [3.63, 3.8) is 0 Å². The van der Waals surface area contributed by atoms with Crippen LogP contribution >= 0.6 is 0 Å². The Morgan fingerprint density at radius 1 is 0.861 bits per heavy atom. The molecule has 0 radical (unpaired) electrons. The third-order valence-electron chi connectivity index (χ3n) is 5.94. The van der Waals surface area contributed by atoms with Crippen LogP contribution in [-0.2, 0) is 14.3 Å². The molecule has 1 amide bonds. The van der Waals surface area contributed by atoms with Crippen LogP contribution in [0.3, 0.4) is 0 Å². The standard InChI is InChI=1S/C28H27NO7/c1-18(27(31)19-8-12-22(33-2)13-9-19)35-28(32)20-16-26(30)29(17-20)21-10-14-23(15-11-21)36-25-7-5-4-6-24(25)34-3/h4-15,18,20H,16-17H2,1-3H3/t18-,20-/m0/s1. The molecule has 1 aliphatic rings. The zero-order valence-electron chi connectivity index (χ0n) is 20.3. The Morgan fingerprint density at radius 2 is 1.50 bits per heavy atom. The van der Waals surface area contributed by atoms with Gasteiger partial charge in [0.15, 0.2) is 17.6 Å². The summed E-state index contributed by atoms with van der Waals surface area (Å²) in [5, 5.41) is 0. The molecule has 0 aromatic heterocycles. The Labute approximate surface area is 209 Å². The Morgan fingerprint density at radius 3 is 2.14 bits per heavy atom. The van der Waals surface area contributed by atoms with E-state index in [0.717, 1.165) is 0 Å². The van der Waals surface area contributed by atoms with Crippen molar-refractivity contribution in [1.82, 2.24) is 0 Å². The number of ether oxygens (including phenoxy) is 4. The molecule has 36 heavy (non-hydrogen) atoms. The van der Waals surface area contributed by atoms with Crippen molar-refractivity contribution in [3.05, 3.63) is 78.4 Å². The molecule has 0 spiro atoms. The van der Waals surface area contributed by atoms with Crippen molar-refractivity contribution < 1.29 is 33.3 Å². The first-order valence-corrected chi connectivity index (χ1v) is 11.5.